The molecule has 1 amide bonds. The number of carbonyl (C=O) groups excluding carboxylic acids is 2. The summed E-state index contributed by atoms with van der Waals surface area (Å²) in [5.41, 5.74) is 0. The molecule has 0 aromatic heterocycles. The highest BCUT2D eigenvalue weighted by Crippen LogP contribution is 2.43. The predicted octanol–water partition coefficient (Wildman–Crippen LogP) is 22.7. The van der Waals surface area contributed by atoms with Crippen molar-refractivity contribution in [1.29, 1.82) is 0 Å². The number of nitrogens with one attached hydrogen (secondary N) is 1. The Morgan fingerprint density at radius 1 is 0.424 bits per heavy atom. The Hall–Kier alpha value is -3.07. The lowest BCUT2D eigenvalue weighted by molar-refractivity contribution is -0.870. The van der Waals surface area contributed by atoms with Crippen molar-refractivity contribution in [2.75, 3.05) is 40.9 Å². The first-order valence-corrected chi connectivity index (χ1v) is 37.1. The molecule has 0 saturated carbocycles. The molecule has 0 radical (unpaired) electrons. The minimum Gasteiger partial charge on any atom is -0.456 e. The molecule has 0 spiro atoms. The number of carbonyl (C=O) groups is 2. The van der Waals surface area contributed by atoms with E-state index in [0.717, 1.165) is 89.9 Å². The Morgan fingerprint density at radius 3 is 1.15 bits per heavy atom. The van der Waals surface area contributed by atoms with Crippen molar-refractivity contribution < 1.29 is 37.3 Å². The second-order valence-corrected chi connectivity index (χ2v) is 26.5. The van der Waals surface area contributed by atoms with Gasteiger partial charge in [-0.3, -0.25) is 18.6 Å². The van der Waals surface area contributed by atoms with Gasteiger partial charge in [-0.15, -0.1) is 0 Å². The summed E-state index contributed by atoms with van der Waals surface area (Å²) in [6, 6.07) is -0.876. The van der Waals surface area contributed by atoms with Crippen LogP contribution in [0.25, 0.3) is 0 Å². The minimum atomic E-state index is -4.47. The molecule has 9 nitrogen and oxygen atoms in total. The van der Waals surface area contributed by atoms with Gasteiger partial charge in [-0.05, 0) is 109 Å². The van der Waals surface area contributed by atoms with Crippen LogP contribution in [0.3, 0.4) is 0 Å². The molecule has 0 aliphatic heterocycles. The summed E-state index contributed by atoms with van der Waals surface area (Å²) in [6.45, 7) is 6.88. The first-order chi connectivity index (χ1) is 41.4. The van der Waals surface area contributed by atoms with Gasteiger partial charge in [0.2, 0.25) is 5.91 Å². The van der Waals surface area contributed by atoms with E-state index >= 15 is 0 Å². The van der Waals surface area contributed by atoms with Crippen molar-refractivity contribution in [1.82, 2.24) is 5.32 Å². The van der Waals surface area contributed by atoms with E-state index < -0.39 is 20.0 Å². The maximum absolute atomic E-state index is 13.6. The fourth-order valence-electron chi connectivity index (χ4n) is 10.1. The number of rotatable bonds is 64. The van der Waals surface area contributed by atoms with Crippen molar-refractivity contribution in [2.24, 2.45) is 0 Å². The number of quaternary nitrogens is 1. The van der Waals surface area contributed by atoms with Crippen LogP contribution in [-0.2, 0) is 27.9 Å². The van der Waals surface area contributed by atoms with Crippen LogP contribution in [0.5, 0.6) is 0 Å². The number of hydrogen-bond acceptors (Lipinski definition) is 6. The second kappa shape index (κ2) is 63.9. The van der Waals surface area contributed by atoms with E-state index in [1.165, 1.54) is 186 Å². The van der Waals surface area contributed by atoms with Gasteiger partial charge in [-0.25, -0.2) is 4.57 Å². The number of nitrogens with zero attached hydrogens (tertiary/aromatic N) is 1. The molecule has 3 atom stereocenters. The minimum absolute atomic E-state index is 0.0284. The molecule has 0 aromatic carbocycles. The number of allylic oxidation sites excluding steroid dienone is 15. The number of phosphoric acid groups is 1. The quantitative estimate of drug-likeness (QED) is 0.0205. The Labute approximate surface area is 526 Å². The Balaban J connectivity index is 5.05. The summed E-state index contributed by atoms with van der Waals surface area (Å²) in [5, 5.41) is 3.04. The molecule has 0 aromatic rings. The number of esters is 1. The highest BCUT2D eigenvalue weighted by Gasteiger charge is 2.30. The monoisotopic (exact) mass is 1210 g/mol. The molecule has 0 rings (SSSR count). The summed E-state index contributed by atoms with van der Waals surface area (Å²) in [6.07, 6.45) is 87.3. The van der Waals surface area contributed by atoms with Crippen molar-refractivity contribution >= 4 is 19.7 Å². The third-order valence-electron chi connectivity index (χ3n) is 15.5. The fourth-order valence-corrected chi connectivity index (χ4v) is 10.8. The molecule has 492 valence electrons. The third kappa shape index (κ3) is 65.2. The van der Waals surface area contributed by atoms with Gasteiger partial charge in [0.15, 0.2) is 0 Å². The highest BCUT2D eigenvalue weighted by molar-refractivity contribution is 7.47. The van der Waals surface area contributed by atoms with Gasteiger partial charge in [0.1, 0.15) is 19.3 Å². The Morgan fingerprint density at radius 2 is 0.753 bits per heavy atom. The van der Waals surface area contributed by atoms with Crippen molar-refractivity contribution in [3.63, 3.8) is 0 Å². The van der Waals surface area contributed by atoms with Crippen LogP contribution in [0.2, 0.25) is 0 Å². The third-order valence-corrected chi connectivity index (χ3v) is 16.5. The molecule has 0 bridgehead atoms. The molecule has 2 N–H and O–H groups in total. The van der Waals surface area contributed by atoms with Crippen LogP contribution >= 0.6 is 7.82 Å². The molecule has 0 heterocycles. The average Bonchev–Trinajstić information content (AvgIpc) is 3.57. The van der Waals surface area contributed by atoms with E-state index in [4.69, 9.17) is 13.8 Å². The van der Waals surface area contributed by atoms with Gasteiger partial charge in [-0.1, -0.05) is 292 Å². The molecule has 10 heteroatoms. The van der Waals surface area contributed by atoms with Crippen LogP contribution in [0.15, 0.2) is 97.2 Å². The van der Waals surface area contributed by atoms with E-state index in [-0.39, 0.29) is 37.9 Å². The second-order valence-electron chi connectivity index (χ2n) is 25.0. The van der Waals surface area contributed by atoms with Crippen LogP contribution in [0.1, 0.15) is 316 Å². The van der Waals surface area contributed by atoms with E-state index in [0.29, 0.717) is 17.4 Å². The molecule has 85 heavy (non-hydrogen) atoms. The summed E-state index contributed by atoms with van der Waals surface area (Å²) in [7, 11) is 1.46. The van der Waals surface area contributed by atoms with Crippen LogP contribution in [0, 0.1) is 0 Å². The topological polar surface area (TPSA) is 111 Å². The van der Waals surface area contributed by atoms with Crippen LogP contribution in [0.4, 0.5) is 0 Å². The number of amides is 1. The molecule has 0 fully saturated rings. The predicted molar refractivity (Wildman–Crippen MR) is 369 cm³/mol. The van der Waals surface area contributed by atoms with Crippen LogP contribution < -0.4 is 5.32 Å². The smallest absolute Gasteiger partial charge is 0.456 e. The number of ether oxygens (including phenoxy) is 1. The lowest BCUT2D eigenvalue weighted by Gasteiger charge is -2.27. The lowest BCUT2D eigenvalue weighted by atomic mass is 10.0. The van der Waals surface area contributed by atoms with E-state index in [2.05, 4.69) is 111 Å². The van der Waals surface area contributed by atoms with Crippen molar-refractivity contribution in [3.05, 3.63) is 97.2 Å². The fraction of sp³-hybridized carbons (Fsp3) is 0.760. The number of likely N-dealkylation sites (N-methyl/N-ethyl adjacent to an activating group) is 1. The maximum Gasteiger partial charge on any atom is 0.472 e. The molecule has 0 saturated heterocycles. The van der Waals surface area contributed by atoms with Gasteiger partial charge in [0, 0.05) is 12.8 Å². The average molecular weight is 1210 g/mol. The standard InChI is InChI=1S/C75H135N2O7P/c1-7-10-13-16-19-22-25-27-29-31-33-35-36-37-38-39-40-42-44-46-48-50-53-56-59-62-65-68-75(79)84-73(66-63-60-57-54-51-24-21-18-15-12-9-3)72(71-83-85(80,81)82-70-69-77(4,5)6)76-74(78)67-64-61-58-55-52-49-47-45-43-41-34-32-30-28-26-23-20-17-14-11-8-2/h11,14,20,23,27-30,34,41,45,47,52,55,63,66,72-73H,7-10,12-13,15-19,21-22,24-26,31-33,35-40,42-44,46,48-51,53-54,56-62,64-65,67-71H2,1-6H3,(H-,76,78,80,81)/p+1/b14-11-,23-20-,29-27+,30-28-,41-34-,47-45-,55-52-,66-63-. The number of hydrogen-bond donors (Lipinski definition) is 2. The number of phosphoric ester groups is 1. The largest absolute Gasteiger partial charge is 0.472 e. The molecule has 0 aliphatic carbocycles. The zero-order valence-corrected chi connectivity index (χ0v) is 57.2. The van der Waals surface area contributed by atoms with E-state index in [1.54, 1.807) is 0 Å². The van der Waals surface area contributed by atoms with E-state index in [9.17, 15) is 19.0 Å². The van der Waals surface area contributed by atoms with Gasteiger partial charge < -0.3 is 19.4 Å². The Kier molecular flexibility index (Phi) is 61.6. The summed E-state index contributed by atoms with van der Waals surface area (Å²) in [4.78, 5) is 37.8. The molecular formula is C75H136N2O7P+. The van der Waals surface area contributed by atoms with Gasteiger partial charge in [0.25, 0.3) is 0 Å². The first-order valence-electron chi connectivity index (χ1n) is 35.6. The van der Waals surface area contributed by atoms with Gasteiger partial charge in [-0.2, -0.15) is 0 Å². The summed E-state index contributed by atoms with van der Waals surface area (Å²) in [5.74, 6) is -0.551. The molecule has 3 unspecified atom stereocenters. The molecular weight excluding hydrogens is 1070 g/mol. The van der Waals surface area contributed by atoms with Crippen LogP contribution in [-0.4, -0.2) is 74.3 Å². The number of unbranched alkanes of at least 4 members (excludes halogenated alkanes) is 34. The zero-order chi connectivity index (χ0) is 62.1. The molecule has 0 aliphatic rings. The zero-order valence-electron chi connectivity index (χ0n) is 56.3. The normalized spacial score (nSPS) is 14.1. The summed E-state index contributed by atoms with van der Waals surface area (Å²) >= 11 is 0. The highest BCUT2D eigenvalue weighted by atomic mass is 31.2. The Bertz CT molecular complexity index is 1780. The van der Waals surface area contributed by atoms with Crippen molar-refractivity contribution in [3.8, 4) is 0 Å². The van der Waals surface area contributed by atoms with Crippen molar-refractivity contribution in [2.45, 2.75) is 328 Å². The SMILES string of the molecule is CC/C=C\C/C=C\C/C=C\C/C=C\C/C=C\C/C=C\CCCCC(=O)NC(COP(=O)(O)OCC[N+](C)(C)C)C(/C=C\CCCCCCCCCCC)OC(=O)CCCCCCCCCCCCCCCCCCC/C=C/CCCCCCCC. The van der Waals surface area contributed by atoms with Gasteiger partial charge >= 0.3 is 13.8 Å². The van der Waals surface area contributed by atoms with E-state index in [1.807, 2.05) is 33.3 Å². The van der Waals surface area contributed by atoms with Gasteiger partial charge in [0.05, 0.1) is 33.8 Å². The maximum atomic E-state index is 13.6. The lowest BCUT2D eigenvalue weighted by Crippen LogP contribution is -2.47. The first kappa shape index (κ1) is 81.9. The summed E-state index contributed by atoms with van der Waals surface area (Å²) < 4.78 is 30.8.